The van der Waals surface area contributed by atoms with Gasteiger partial charge in [0.2, 0.25) is 11.8 Å². The molecule has 3 rings (SSSR count). The van der Waals surface area contributed by atoms with Crippen LogP contribution in [0.3, 0.4) is 0 Å². The Hall–Kier alpha value is -2.12. The average molecular weight is 359 g/mol. The van der Waals surface area contributed by atoms with Crippen LogP contribution in [0.25, 0.3) is 10.2 Å². The molecule has 0 spiro atoms. The third-order valence-electron chi connectivity index (χ3n) is 3.32. The van der Waals surface area contributed by atoms with E-state index in [4.69, 9.17) is 4.74 Å². The number of hydrogen-bond acceptors (Lipinski definition) is 6. The van der Waals surface area contributed by atoms with Crippen molar-refractivity contribution in [1.29, 1.82) is 0 Å². The molecule has 0 radical (unpaired) electrons. The van der Waals surface area contributed by atoms with E-state index in [0.29, 0.717) is 17.4 Å². The second-order valence-corrected chi connectivity index (χ2v) is 7.05. The number of benzene rings is 1. The van der Waals surface area contributed by atoms with Gasteiger partial charge in [-0.3, -0.25) is 4.79 Å². The smallest absolute Gasteiger partial charge is 0.234 e. The van der Waals surface area contributed by atoms with Gasteiger partial charge in [-0.25, -0.2) is 9.97 Å². The first-order chi connectivity index (χ1) is 11.7. The summed E-state index contributed by atoms with van der Waals surface area (Å²) in [6.45, 7) is 2.11. The van der Waals surface area contributed by atoms with Crippen molar-refractivity contribution in [3.05, 3.63) is 41.5 Å². The van der Waals surface area contributed by atoms with Gasteiger partial charge in [0.15, 0.2) is 0 Å². The number of carbonyl (C=O) groups excluding carboxylic acids is 1. The molecule has 2 aromatic heterocycles. The van der Waals surface area contributed by atoms with Gasteiger partial charge in [0.25, 0.3) is 0 Å². The van der Waals surface area contributed by atoms with Crippen LogP contribution in [-0.2, 0) is 11.2 Å². The number of anilines is 1. The molecule has 7 heteroatoms. The molecule has 0 bridgehead atoms. The van der Waals surface area contributed by atoms with E-state index in [1.807, 2.05) is 30.5 Å². The number of aryl methyl sites for hydroxylation is 1. The SMILES string of the molecule is CCc1cc2c(Oc3ccc(NC(=O)CSC)cc3)ncnc2s1. The van der Waals surface area contributed by atoms with Gasteiger partial charge in [0.1, 0.15) is 16.9 Å². The summed E-state index contributed by atoms with van der Waals surface area (Å²) < 4.78 is 5.90. The molecule has 0 aliphatic carbocycles. The van der Waals surface area contributed by atoms with Crippen molar-refractivity contribution in [2.75, 3.05) is 17.3 Å². The Morgan fingerprint density at radius 2 is 2.08 bits per heavy atom. The minimum Gasteiger partial charge on any atom is -0.438 e. The number of hydrogen-bond donors (Lipinski definition) is 1. The summed E-state index contributed by atoms with van der Waals surface area (Å²) in [5, 5.41) is 3.76. The van der Waals surface area contributed by atoms with Crippen LogP contribution in [0.4, 0.5) is 5.69 Å². The topological polar surface area (TPSA) is 64.1 Å². The molecule has 0 saturated heterocycles. The maximum absolute atomic E-state index is 11.6. The lowest BCUT2D eigenvalue weighted by Crippen LogP contribution is -2.13. The molecular formula is C17H17N3O2S2. The first-order valence-electron chi connectivity index (χ1n) is 7.49. The van der Waals surface area contributed by atoms with E-state index in [0.717, 1.165) is 22.3 Å². The highest BCUT2D eigenvalue weighted by atomic mass is 32.2. The van der Waals surface area contributed by atoms with E-state index < -0.39 is 0 Å². The minimum atomic E-state index is -0.0148. The van der Waals surface area contributed by atoms with Crippen LogP contribution in [0.5, 0.6) is 11.6 Å². The molecule has 0 atom stereocenters. The highest BCUT2D eigenvalue weighted by Crippen LogP contribution is 2.32. The van der Waals surface area contributed by atoms with Gasteiger partial charge in [-0.15, -0.1) is 11.3 Å². The normalized spacial score (nSPS) is 10.8. The molecule has 5 nitrogen and oxygen atoms in total. The van der Waals surface area contributed by atoms with Crippen LogP contribution in [0.1, 0.15) is 11.8 Å². The highest BCUT2D eigenvalue weighted by molar-refractivity contribution is 7.99. The van der Waals surface area contributed by atoms with E-state index >= 15 is 0 Å². The van der Waals surface area contributed by atoms with Gasteiger partial charge in [-0.2, -0.15) is 11.8 Å². The summed E-state index contributed by atoms with van der Waals surface area (Å²) in [4.78, 5) is 22.3. The van der Waals surface area contributed by atoms with E-state index in [2.05, 4.69) is 28.3 Å². The summed E-state index contributed by atoms with van der Waals surface area (Å²) in [5.74, 6) is 1.64. The van der Waals surface area contributed by atoms with Gasteiger partial charge >= 0.3 is 0 Å². The van der Waals surface area contributed by atoms with Crippen molar-refractivity contribution >= 4 is 44.9 Å². The van der Waals surface area contributed by atoms with Gasteiger partial charge < -0.3 is 10.1 Å². The molecule has 0 aliphatic rings. The number of nitrogens with one attached hydrogen (secondary N) is 1. The number of ether oxygens (including phenoxy) is 1. The Bertz CT molecular complexity index is 847. The zero-order chi connectivity index (χ0) is 16.9. The molecular weight excluding hydrogens is 342 g/mol. The number of fused-ring (bicyclic) bond motifs is 1. The number of thioether (sulfide) groups is 1. The van der Waals surface area contributed by atoms with E-state index in [9.17, 15) is 4.79 Å². The average Bonchev–Trinajstić information content (AvgIpc) is 3.01. The Morgan fingerprint density at radius 1 is 1.29 bits per heavy atom. The first-order valence-corrected chi connectivity index (χ1v) is 9.70. The van der Waals surface area contributed by atoms with Crippen molar-refractivity contribution in [2.24, 2.45) is 0 Å². The summed E-state index contributed by atoms with van der Waals surface area (Å²) in [5.41, 5.74) is 0.748. The standard InChI is InChI=1S/C17H17N3O2S2/c1-3-13-8-14-16(18-10-19-17(14)24-13)22-12-6-4-11(5-7-12)20-15(21)9-23-2/h4-8,10H,3,9H2,1-2H3,(H,20,21). The van der Waals surface area contributed by atoms with Crippen LogP contribution >= 0.6 is 23.1 Å². The lowest BCUT2D eigenvalue weighted by atomic mass is 10.3. The zero-order valence-corrected chi connectivity index (χ0v) is 15.0. The molecule has 124 valence electrons. The molecule has 2 heterocycles. The number of carbonyl (C=O) groups is 1. The maximum atomic E-state index is 11.6. The van der Waals surface area contributed by atoms with E-state index in [1.165, 1.54) is 23.0 Å². The molecule has 0 fully saturated rings. The van der Waals surface area contributed by atoms with Crippen molar-refractivity contribution in [3.8, 4) is 11.6 Å². The predicted octanol–water partition coefficient (Wildman–Crippen LogP) is 4.35. The molecule has 1 aromatic carbocycles. The summed E-state index contributed by atoms with van der Waals surface area (Å²) in [6, 6.07) is 9.34. The second-order valence-electron chi connectivity index (χ2n) is 5.07. The third-order valence-corrected chi connectivity index (χ3v) is 5.06. The van der Waals surface area contributed by atoms with Crippen molar-refractivity contribution in [1.82, 2.24) is 9.97 Å². The summed E-state index contributed by atoms with van der Waals surface area (Å²) >= 11 is 3.14. The summed E-state index contributed by atoms with van der Waals surface area (Å²) in [6.07, 6.45) is 4.38. The molecule has 0 unspecified atom stereocenters. The number of aromatic nitrogens is 2. The van der Waals surface area contributed by atoms with Gasteiger partial charge in [0.05, 0.1) is 11.1 Å². The monoisotopic (exact) mass is 359 g/mol. The van der Waals surface area contributed by atoms with E-state index in [-0.39, 0.29) is 5.91 Å². The quantitative estimate of drug-likeness (QED) is 0.709. The van der Waals surface area contributed by atoms with Gasteiger partial charge in [0, 0.05) is 10.6 Å². The number of rotatable bonds is 6. The molecule has 24 heavy (non-hydrogen) atoms. The van der Waals surface area contributed by atoms with Crippen LogP contribution in [-0.4, -0.2) is 27.9 Å². The number of thiophene rings is 1. The van der Waals surface area contributed by atoms with Crippen molar-refractivity contribution in [2.45, 2.75) is 13.3 Å². The fourth-order valence-corrected chi connectivity index (χ4v) is 3.45. The predicted molar refractivity (Wildman–Crippen MR) is 100 cm³/mol. The number of nitrogens with zero attached hydrogens (tertiary/aromatic N) is 2. The largest absolute Gasteiger partial charge is 0.438 e. The Morgan fingerprint density at radius 3 is 2.79 bits per heavy atom. The zero-order valence-electron chi connectivity index (χ0n) is 13.4. The lowest BCUT2D eigenvalue weighted by Gasteiger charge is -2.07. The highest BCUT2D eigenvalue weighted by Gasteiger charge is 2.10. The van der Waals surface area contributed by atoms with Crippen LogP contribution in [0, 0.1) is 0 Å². The first kappa shape index (κ1) is 16.7. The van der Waals surface area contributed by atoms with Crippen LogP contribution < -0.4 is 10.1 Å². The van der Waals surface area contributed by atoms with Crippen molar-refractivity contribution < 1.29 is 9.53 Å². The Labute approximate surface area is 148 Å². The minimum absolute atomic E-state index is 0.0148. The molecule has 3 aromatic rings. The van der Waals surface area contributed by atoms with Gasteiger partial charge in [-0.1, -0.05) is 6.92 Å². The Kier molecular flexibility index (Phi) is 5.32. The third kappa shape index (κ3) is 3.85. The molecule has 1 amide bonds. The van der Waals surface area contributed by atoms with Crippen molar-refractivity contribution in [3.63, 3.8) is 0 Å². The lowest BCUT2D eigenvalue weighted by molar-refractivity contribution is -0.113. The molecule has 0 saturated carbocycles. The second kappa shape index (κ2) is 7.63. The number of amides is 1. The fourth-order valence-electron chi connectivity index (χ4n) is 2.19. The van der Waals surface area contributed by atoms with E-state index in [1.54, 1.807) is 11.3 Å². The maximum Gasteiger partial charge on any atom is 0.234 e. The van der Waals surface area contributed by atoms with Crippen LogP contribution in [0.15, 0.2) is 36.7 Å². The molecule has 1 N–H and O–H groups in total. The summed E-state index contributed by atoms with van der Waals surface area (Å²) in [7, 11) is 0. The van der Waals surface area contributed by atoms with Gasteiger partial charge in [-0.05, 0) is 43.0 Å². The Balaban J connectivity index is 1.76. The fraction of sp³-hybridized carbons (Fsp3) is 0.235. The van der Waals surface area contributed by atoms with Crippen LogP contribution in [0.2, 0.25) is 0 Å². The molecule has 0 aliphatic heterocycles.